The van der Waals surface area contributed by atoms with Crippen LogP contribution in [0, 0.1) is 0 Å². The summed E-state index contributed by atoms with van der Waals surface area (Å²) < 4.78 is 5.74. The fourth-order valence-electron chi connectivity index (χ4n) is 2.37. The van der Waals surface area contributed by atoms with Crippen molar-refractivity contribution in [1.82, 2.24) is 5.32 Å². The third-order valence-electron chi connectivity index (χ3n) is 3.63. The van der Waals surface area contributed by atoms with Gasteiger partial charge in [-0.25, -0.2) is 4.79 Å². The van der Waals surface area contributed by atoms with E-state index >= 15 is 0 Å². The molecule has 2 aromatic rings. The summed E-state index contributed by atoms with van der Waals surface area (Å²) in [6, 6.07) is 13.5. The lowest BCUT2D eigenvalue weighted by Gasteiger charge is -2.19. The number of nitrogens with one attached hydrogen (secondary N) is 1. The molecule has 1 aliphatic rings. The molecule has 0 aromatic heterocycles. The molecule has 3 amide bonds. The summed E-state index contributed by atoms with van der Waals surface area (Å²) in [7, 11) is 0. The molecule has 1 heterocycles. The Labute approximate surface area is 138 Å². The van der Waals surface area contributed by atoms with Crippen molar-refractivity contribution in [2.75, 3.05) is 4.90 Å². The molecule has 1 unspecified atom stereocenters. The lowest BCUT2D eigenvalue weighted by Crippen LogP contribution is -2.32. The molecule has 6 heteroatoms. The van der Waals surface area contributed by atoms with Crippen LogP contribution in [-0.2, 0) is 11.4 Å². The Morgan fingerprint density at radius 1 is 1.17 bits per heavy atom. The first-order valence-corrected chi connectivity index (χ1v) is 7.54. The third kappa shape index (κ3) is 3.29. The molecule has 5 nitrogen and oxygen atoms in total. The van der Waals surface area contributed by atoms with E-state index in [1.165, 1.54) is 4.90 Å². The first kappa shape index (κ1) is 15.4. The van der Waals surface area contributed by atoms with Gasteiger partial charge < -0.3 is 4.74 Å². The lowest BCUT2D eigenvalue weighted by molar-refractivity contribution is -0.119. The number of nitrogens with zero attached hydrogens (tertiary/aromatic N) is 1. The normalized spacial score (nSPS) is 17.3. The van der Waals surface area contributed by atoms with Gasteiger partial charge in [-0.2, -0.15) is 0 Å². The zero-order valence-electron chi connectivity index (χ0n) is 12.5. The standard InChI is InChI=1S/C17H15ClN2O3/c1-11-16(21)19-17(22)20(11)14-3-2-4-15(9-14)23-10-12-5-7-13(18)8-6-12/h2-9,11H,10H2,1H3,(H,19,21,22). The molecule has 118 valence electrons. The number of hydrogen-bond donors (Lipinski definition) is 1. The van der Waals surface area contributed by atoms with Crippen molar-refractivity contribution in [2.24, 2.45) is 0 Å². The quantitative estimate of drug-likeness (QED) is 0.874. The Morgan fingerprint density at radius 3 is 2.57 bits per heavy atom. The molecular weight excluding hydrogens is 316 g/mol. The molecule has 0 radical (unpaired) electrons. The van der Waals surface area contributed by atoms with Gasteiger partial charge in [0.15, 0.2) is 0 Å². The van der Waals surface area contributed by atoms with E-state index in [9.17, 15) is 9.59 Å². The molecule has 0 saturated carbocycles. The molecule has 2 aromatic carbocycles. The number of ether oxygens (including phenoxy) is 1. The van der Waals surface area contributed by atoms with E-state index in [2.05, 4.69) is 5.32 Å². The Bertz CT molecular complexity index is 746. The van der Waals surface area contributed by atoms with E-state index in [-0.39, 0.29) is 5.91 Å². The molecule has 1 atom stereocenters. The maximum absolute atomic E-state index is 11.9. The van der Waals surface area contributed by atoms with E-state index in [1.54, 1.807) is 43.3 Å². The fourth-order valence-corrected chi connectivity index (χ4v) is 2.50. The number of benzene rings is 2. The SMILES string of the molecule is CC1C(=O)NC(=O)N1c1cccc(OCc2ccc(Cl)cc2)c1. The van der Waals surface area contributed by atoms with Crippen molar-refractivity contribution in [3.05, 3.63) is 59.1 Å². The van der Waals surface area contributed by atoms with Crippen LogP contribution >= 0.6 is 11.6 Å². The number of imide groups is 1. The third-order valence-corrected chi connectivity index (χ3v) is 3.88. The zero-order valence-corrected chi connectivity index (χ0v) is 13.2. The van der Waals surface area contributed by atoms with Gasteiger partial charge >= 0.3 is 6.03 Å². The summed E-state index contributed by atoms with van der Waals surface area (Å²) in [6.45, 7) is 2.07. The van der Waals surface area contributed by atoms with Crippen LogP contribution in [0.3, 0.4) is 0 Å². The summed E-state index contributed by atoms with van der Waals surface area (Å²) in [5, 5.41) is 2.97. The van der Waals surface area contributed by atoms with Crippen LogP contribution in [0.25, 0.3) is 0 Å². The summed E-state index contributed by atoms with van der Waals surface area (Å²) in [4.78, 5) is 24.8. The van der Waals surface area contributed by atoms with Crippen molar-refractivity contribution >= 4 is 29.2 Å². The van der Waals surface area contributed by atoms with Crippen LogP contribution in [-0.4, -0.2) is 18.0 Å². The first-order valence-electron chi connectivity index (χ1n) is 7.16. The molecule has 23 heavy (non-hydrogen) atoms. The smallest absolute Gasteiger partial charge is 0.329 e. The Morgan fingerprint density at radius 2 is 1.91 bits per heavy atom. The van der Waals surface area contributed by atoms with E-state index < -0.39 is 12.1 Å². The maximum Gasteiger partial charge on any atom is 0.329 e. The number of amides is 3. The van der Waals surface area contributed by atoms with Crippen molar-refractivity contribution in [3.63, 3.8) is 0 Å². The van der Waals surface area contributed by atoms with Crippen LogP contribution in [0.15, 0.2) is 48.5 Å². The highest BCUT2D eigenvalue weighted by atomic mass is 35.5. The van der Waals surface area contributed by atoms with Gasteiger partial charge in [0.2, 0.25) is 0 Å². The zero-order chi connectivity index (χ0) is 16.4. The number of urea groups is 1. The second-order valence-corrected chi connectivity index (χ2v) is 5.69. The Balaban J connectivity index is 1.74. The van der Waals surface area contributed by atoms with E-state index in [0.29, 0.717) is 23.1 Å². The van der Waals surface area contributed by atoms with Gasteiger partial charge in [-0.15, -0.1) is 0 Å². The number of hydrogen-bond acceptors (Lipinski definition) is 3. The largest absolute Gasteiger partial charge is 0.489 e. The molecule has 3 rings (SSSR count). The molecule has 1 N–H and O–H groups in total. The van der Waals surface area contributed by atoms with E-state index in [1.807, 2.05) is 12.1 Å². The van der Waals surface area contributed by atoms with Gasteiger partial charge in [-0.3, -0.25) is 15.0 Å². The summed E-state index contributed by atoms with van der Waals surface area (Å²) in [5.74, 6) is 0.319. The van der Waals surface area contributed by atoms with Crippen LogP contribution < -0.4 is 15.0 Å². The van der Waals surface area contributed by atoms with E-state index in [4.69, 9.17) is 16.3 Å². The number of halogens is 1. The number of carbonyl (C=O) groups excluding carboxylic acids is 2. The lowest BCUT2D eigenvalue weighted by atomic mass is 10.2. The predicted molar refractivity (Wildman–Crippen MR) is 87.7 cm³/mol. The van der Waals surface area contributed by atoms with Gasteiger partial charge in [-0.05, 0) is 36.8 Å². The molecule has 0 spiro atoms. The highest BCUT2D eigenvalue weighted by Crippen LogP contribution is 2.26. The Kier molecular flexibility index (Phi) is 4.21. The van der Waals surface area contributed by atoms with Crippen molar-refractivity contribution in [1.29, 1.82) is 0 Å². The summed E-state index contributed by atoms with van der Waals surface area (Å²) >= 11 is 5.85. The number of rotatable bonds is 4. The average molecular weight is 331 g/mol. The molecule has 0 bridgehead atoms. The average Bonchev–Trinajstić information content (AvgIpc) is 2.80. The van der Waals surface area contributed by atoms with Crippen LogP contribution in [0.1, 0.15) is 12.5 Å². The van der Waals surface area contributed by atoms with Crippen molar-refractivity contribution in [3.8, 4) is 5.75 Å². The minimum Gasteiger partial charge on any atom is -0.489 e. The monoisotopic (exact) mass is 330 g/mol. The maximum atomic E-state index is 11.9. The van der Waals surface area contributed by atoms with Gasteiger partial charge in [0.1, 0.15) is 18.4 Å². The van der Waals surface area contributed by atoms with E-state index in [0.717, 1.165) is 5.56 Å². The summed E-state index contributed by atoms with van der Waals surface area (Å²) in [6.07, 6.45) is 0. The second-order valence-electron chi connectivity index (χ2n) is 5.25. The minimum absolute atomic E-state index is 0.303. The summed E-state index contributed by atoms with van der Waals surface area (Å²) in [5.41, 5.74) is 1.61. The topological polar surface area (TPSA) is 58.6 Å². The fraction of sp³-hybridized carbons (Fsp3) is 0.176. The van der Waals surface area contributed by atoms with Gasteiger partial charge in [-0.1, -0.05) is 29.8 Å². The van der Waals surface area contributed by atoms with Crippen LogP contribution in [0.2, 0.25) is 5.02 Å². The number of carbonyl (C=O) groups is 2. The predicted octanol–water partition coefficient (Wildman–Crippen LogP) is 3.36. The molecule has 1 aliphatic heterocycles. The van der Waals surface area contributed by atoms with Crippen molar-refractivity contribution in [2.45, 2.75) is 19.6 Å². The van der Waals surface area contributed by atoms with Crippen molar-refractivity contribution < 1.29 is 14.3 Å². The van der Waals surface area contributed by atoms with Crippen LogP contribution in [0.4, 0.5) is 10.5 Å². The Hall–Kier alpha value is -2.53. The highest BCUT2D eigenvalue weighted by Gasteiger charge is 2.35. The molecular formula is C17H15ClN2O3. The van der Waals surface area contributed by atoms with Gasteiger partial charge in [0, 0.05) is 11.1 Å². The molecule has 1 saturated heterocycles. The minimum atomic E-state index is -0.533. The van der Waals surface area contributed by atoms with Gasteiger partial charge in [0.05, 0.1) is 5.69 Å². The number of anilines is 1. The molecule has 0 aliphatic carbocycles. The second kappa shape index (κ2) is 6.30. The van der Waals surface area contributed by atoms with Gasteiger partial charge in [0.25, 0.3) is 5.91 Å². The van der Waals surface area contributed by atoms with Crippen LogP contribution in [0.5, 0.6) is 5.75 Å². The highest BCUT2D eigenvalue weighted by molar-refractivity contribution is 6.30. The first-order chi connectivity index (χ1) is 11.0. The molecule has 1 fully saturated rings.